The van der Waals surface area contributed by atoms with Crippen molar-refractivity contribution in [1.82, 2.24) is 15.0 Å². The van der Waals surface area contributed by atoms with Crippen LogP contribution in [0.5, 0.6) is 5.75 Å². The number of ether oxygens (including phenoxy) is 3. The van der Waals surface area contributed by atoms with Crippen LogP contribution in [0.25, 0.3) is 0 Å². The monoisotopic (exact) mass is 419 g/mol. The number of carbonyl (C=O) groups excluding carboxylic acids is 1. The summed E-state index contributed by atoms with van der Waals surface area (Å²) in [6, 6.07) is 4.20. The third-order valence-electron chi connectivity index (χ3n) is 5.56. The standard InChI is InChI=1S/C21H26FN3O5/c1-27-18-3-2-15(10-17(18)22)21(26)25-11-16(12-25)20-23-19(24-30-20)6-9-29-13-14-4-7-28-8-5-14/h2-3,10,14,16H,4-9,11-13H2,1H3. The van der Waals surface area contributed by atoms with E-state index < -0.39 is 5.82 Å². The molecular formula is C21H26FN3O5. The highest BCUT2D eigenvalue weighted by atomic mass is 19.1. The van der Waals surface area contributed by atoms with E-state index in [-0.39, 0.29) is 17.6 Å². The van der Waals surface area contributed by atoms with Gasteiger partial charge in [0.1, 0.15) is 0 Å². The fraction of sp³-hybridized carbons (Fsp3) is 0.571. The largest absolute Gasteiger partial charge is 0.494 e. The van der Waals surface area contributed by atoms with Crippen molar-refractivity contribution in [2.24, 2.45) is 5.92 Å². The minimum Gasteiger partial charge on any atom is -0.494 e. The summed E-state index contributed by atoms with van der Waals surface area (Å²) >= 11 is 0. The van der Waals surface area contributed by atoms with Gasteiger partial charge in [0.15, 0.2) is 17.4 Å². The van der Waals surface area contributed by atoms with Crippen LogP contribution >= 0.6 is 0 Å². The molecule has 0 N–H and O–H groups in total. The Labute approximate surface area is 174 Å². The van der Waals surface area contributed by atoms with Crippen molar-refractivity contribution in [3.05, 3.63) is 41.3 Å². The third kappa shape index (κ3) is 4.79. The van der Waals surface area contributed by atoms with Crippen molar-refractivity contribution < 1.29 is 27.9 Å². The van der Waals surface area contributed by atoms with Crippen molar-refractivity contribution in [2.75, 3.05) is 46.6 Å². The summed E-state index contributed by atoms with van der Waals surface area (Å²) in [5.41, 5.74) is 0.291. The molecule has 3 heterocycles. The van der Waals surface area contributed by atoms with Gasteiger partial charge in [-0.1, -0.05) is 5.16 Å². The number of amides is 1. The van der Waals surface area contributed by atoms with E-state index in [0.717, 1.165) is 32.7 Å². The third-order valence-corrected chi connectivity index (χ3v) is 5.56. The second-order valence-electron chi connectivity index (χ2n) is 7.69. The fourth-order valence-corrected chi connectivity index (χ4v) is 3.64. The molecule has 0 unspecified atom stereocenters. The zero-order valence-electron chi connectivity index (χ0n) is 17.0. The van der Waals surface area contributed by atoms with Crippen LogP contribution in [0, 0.1) is 11.7 Å². The van der Waals surface area contributed by atoms with Gasteiger partial charge in [-0.3, -0.25) is 4.79 Å². The van der Waals surface area contributed by atoms with Gasteiger partial charge in [0.2, 0.25) is 5.89 Å². The molecule has 2 saturated heterocycles. The van der Waals surface area contributed by atoms with E-state index in [2.05, 4.69) is 10.1 Å². The number of methoxy groups -OCH3 is 1. The lowest BCUT2D eigenvalue weighted by Crippen LogP contribution is -2.48. The number of carbonyl (C=O) groups is 1. The lowest BCUT2D eigenvalue weighted by Gasteiger charge is -2.37. The van der Waals surface area contributed by atoms with Crippen LogP contribution in [0.2, 0.25) is 0 Å². The van der Waals surface area contributed by atoms with E-state index in [4.69, 9.17) is 18.7 Å². The molecular weight excluding hydrogens is 393 g/mol. The van der Waals surface area contributed by atoms with Crippen molar-refractivity contribution in [1.29, 1.82) is 0 Å². The minimum atomic E-state index is -0.555. The predicted octanol–water partition coefficient (Wildman–Crippen LogP) is 2.44. The second-order valence-corrected chi connectivity index (χ2v) is 7.69. The first-order valence-electron chi connectivity index (χ1n) is 10.2. The molecule has 0 spiro atoms. The summed E-state index contributed by atoms with van der Waals surface area (Å²) < 4.78 is 35.1. The molecule has 0 radical (unpaired) electrons. The molecule has 0 atom stereocenters. The summed E-state index contributed by atoms with van der Waals surface area (Å²) in [6.45, 7) is 3.85. The van der Waals surface area contributed by atoms with Crippen molar-refractivity contribution in [3.63, 3.8) is 0 Å². The van der Waals surface area contributed by atoms with E-state index >= 15 is 0 Å². The van der Waals surface area contributed by atoms with Gasteiger partial charge in [0.05, 0.1) is 19.6 Å². The highest BCUT2D eigenvalue weighted by Gasteiger charge is 2.36. The number of aromatic nitrogens is 2. The number of likely N-dealkylation sites (tertiary alicyclic amines) is 1. The number of hydrogen-bond acceptors (Lipinski definition) is 7. The number of halogens is 1. The van der Waals surface area contributed by atoms with Gasteiger partial charge < -0.3 is 23.6 Å². The van der Waals surface area contributed by atoms with Crippen molar-refractivity contribution >= 4 is 5.91 Å². The molecule has 8 nitrogen and oxygen atoms in total. The van der Waals surface area contributed by atoms with E-state index in [0.29, 0.717) is 49.3 Å². The first-order chi connectivity index (χ1) is 14.6. The molecule has 9 heteroatoms. The first kappa shape index (κ1) is 20.7. The van der Waals surface area contributed by atoms with Crippen LogP contribution in [0.3, 0.4) is 0 Å². The van der Waals surface area contributed by atoms with Crippen molar-refractivity contribution in [3.8, 4) is 5.75 Å². The van der Waals surface area contributed by atoms with E-state index in [9.17, 15) is 9.18 Å². The van der Waals surface area contributed by atoms with Gasteiger partial charge >= 0.3 is 0 Å². The molecule has 2 aliphatic rings. The quantitative estimate of drug-likeness (QED) is 0.608. The summed E-state index contributed by atoms with van der Waals surface area (Å²) in [7, 11) is 1.39. The molecule has 1 aromatic heterocycles. The van der Waals surface area contributed by atoms with Gasteiger partial charge in [0.25, 0.3) is 5.91 Å². The Morgan fingerprint density at radius 3 is 2.83 bits per heavy atom. The maximum atomic E-state index is 13.8. The van der Waals surface area contributed by atoms with Crippen LogP contribution in [0.1, 0.15) is 40.8 Å². The topological polar surface area (TPSA) is 86.9 Å². The number of rotatable bonds is 8. The number of benzene rings is 1. The number of nitrogens with zero attached hydrogens (tertiary/aromatic N) is 3. The Bertz CT molecular complexity index is 862. The highest BCUT2D eigenvalue weighted by molar-refractivity contribution is 5.95. The predicted molar refractivity (Wildman–Crippen MR) is 104 cm³/mol. The SMILES string of the molecule is COc1ccc(C(=O)N2CC(c3nc(CCOCC4CCOCC4)no3)C2)cc1F. The maximum absolute atomic E-state index is 13.8. The second kappa shape index (κ2) is 9.53. The minimum absolute atomic E-state index is 0.00134. The lowest BCUT2D eigenvalue weighted by molar-refractivity contribution is 0.0211. The molecule has 2 aromatic rings. The molecule has 162 valence electrons. The zero-order chi connectivity index (χ0) is 20.9. The molecule has 30 heavy (non-hydrogen) atoms. The maximum Gasteiger partial charge on any atom is 0.254 e. The summed E-state index contributed by atoms with van der Waals surface area (Å²) in [4.78, 5) is 18.6. The molecule has 0 aliphatic carbocycles. The van der Waals surface area contributed by atoms with E-state index in [1.54, 1.807) is 11.0 Å². The summed E-state index contributed by atoms with van der Waals surface area (Å²) in [5, 5.41) is 4.01. The Morgan fingerprint density at radius 1 is 1.30 bits per heavy atom. The smallest absolute Gasteiger partial charge is 0.254 e. The molecule has 2 fully saturated rings. The summed E-state index contributed by atoms with van der Waals surface area (Å²) in [5.74, 6) is 1.04. The van der Waals surface area contributed by atoms with Gasteiger partial charge in [-0.05, 0) is 37.0 Å². The van der Waals surface area contributed by atoms with Gasteiger partial charge in [-0.2, -0.15) is 4.98 Å². The van der Waals surface area contributed by atoms with Gasteiger partial charge in [0, 0.05) is 44.9 Å². The van der Waals surface area contributed by atoms with E-state index in [1.807, 2.05) is 0 Å². The first-order valence-corrected chi connectivity index (χ1v) is 10.2. The van der Waals surface area contributed by atoms with Crippen LogP contribution in [0.4, 0.5) is 4.39 Å². The van der Waals surface area contributed by atoms with Gasteiger partial charge in [-0.25, -0.2) is 4.39 Å². The van der Waals surface area contributed by atoms with Crippen molar-refractivity contribution in [2.45, 2.75) is 25.2 Å². The fourth-order valence-electron chi connectivity index (χ4n) is 3.64. The summed E-state index contributed by atoms with van der Waals surface area (Å²) in [6.07, 6.45) is 2.69. The molecule has 1 aromatic carbocycles. The van der Waals surface area contributed by atoms with Crippen LogP contribution in [0.15, 0.2) is 22.7 Å². The van der Waals surface area contributed by atoms with E-state index in [1.165, 1.54) is 19.2 Å². The number of hydrogen-bond donors (Lipinski definition) is 0. The average Bonchev–Trinajstić information content (AvgIpc) is 3.19. The Hall–Kier alpha value is -2.52. The van der Waals surface area contributed by atoms with Crippen LogP contribution < -0.4 is 4.74 Å². The zero-order valence-corrected chi connectivity index (χ0v) is 17.0. The van der Waals surface area contributed by atoms with Crippen LogP contribution in [-0.2, 0) is 15.9 Å². The lowest BCUT2D eigenvalue weighted by atomic mass is 9.98. The molecule has 2 aliphatic heterocycles. The van der Waals surface area contributed by atoms with Crippen LogP contribution in [-0.4, -0.2) is 67.6 Å². The van der Waals surface area contributed by atoms with Gasteiger partial charge in [-0.15, -0.1) is 0 Å². The average molecular weight is 419 g/mol. The molecule has 0 bridgehead atoms. The highest BCUT2D eigenvalue weighted by Crippen LogP contribution is 2.28. The Kier molecular flexibility index (Phi) is 6.59. The molecule has 4 rings (SSSR count). The molecule has 1 amide bonds. The molecule has 0 saturated carbocycles. The normalized spacial score (nSPS) is 17.7. The Balaban J connectivity index is 1.21. The Morgan fingerprint density at radius 2 is 2.10 bits per heavy atom.